The quantitative estimate of drug-likeness (QED) is 0.435. The normalized spacial score (nSPS) is 14.8. The summed E-state index contributed by atoms with van der Waals surface area (Å²) in [5.74, 6) is 0. The molecule has 24 heavy (non-hydrogen) atoms. The Morgan fingerprint density at radius 2 is 1.75 bits per heavy atom. The molecule has 4 aromatic rings. The van der Waals surface area contributed by atoms with E-state index in [0.717, 1.165) is 11.2 Å². The Morgan fingerprint density at radius 1 is 0.875 bits per heavy atom. The number of fused-ring (bicyclic) bond motifs is 4. The first-order chi connectivity index (χ1) is 11.6. The van der Waals surface area contributed by atoms with Gasteiger partial charge >= 0.3 is 0 Å². The average molecular weight is 310 g/mol. The molecule has 0 atom stereocenters. The van der Waals surface area contributed by atoms with Crippen molar-refractivity contribution in [2.45, 2.75) is 26.2 Å². The number of rotatable bonds is 0. The van der Waals surface area contributed by atoms with Crippen molar-refractivity contribution in [2.75, 3.05) is 0 Å². The molecule has 0 N–H and O–H groups in total. The van der Waals surface area contributed by atoms with Gasteiger partial charge in [0.25, 0.3) is 0 Å². The lowest BCUT2D eigenvalue weighted by Crippen LogP contribution is -2.25. The minimum Gasteiger partial charge on any atom is -0.256 e. The van der Waals surface area contributed by atoms with Crippen molar-refractivity contribution in [1.82, 2.24) is 9.97 Å². The minimum atomic E-state index is -0.108. The first kappa shape index (κ1) is 13.7. The molecule has 2 heteroatoms. The molecule has 0 saturated heterocycles. The van der Waals surface area contributed by atoms with E-state index in [4.69, 9.17) is 9.97 Å². The van der Waals surface area contributed by atoms with Crippen molar-refractivity contribution in [3.63, 3.8) is 0 Å². The van der Waals surface area contributed by atoms with Crippen molar-refractivity contribution in [2.24, 2.45) is 0 Å². The molecule has 0 fully saturated rings. The Kier molecular flexibility index (Phi) is 2.52. The van der Waals surface area contributed by atoms with E-state index in [1.165, 1.54) is 38.4 Å². The maximum atomic E-state index is 4.75. The van der Waals surface area contributed by atoms with E-state index in [2.05, 4.69) is 57.2 Å². The number of pyridine rings is 2. The minimum absolute atomic E-state index is 0.108. The largest absolute Gasteiger partial charge is 0.256 e. The summed E-state index contributed by atoms with van der Waals surface area (Å²) in [5, 5.41) is 3.75. The van der Waals surface area contributed by atoms with Crippen LogP contribution < -0.4 is 0 Å². The van der Waals surface area contributed by atoms with Gasteiger partial charge in [-0.05, 0) is 35.6 Å². The predicted octanol–water partition coefficient (Wildman–Crippen LogP) is 5.40. The summed E-state index contributed by atoms with van der Waals surface area (Å²) in [6, 6.07) is 15.2. The Labute approximate surface area is 141 Å². The third kappa shape index (κ3) is 1.60. The first-order valence-electron chi connectivity index (χ1n) is 8.36. The molecule has 0 saturated carbocycles. The van der Waals surface area contributed by atoms with Crippen molar-refractivity contribution in [3.8, 4) is 11.3 Å². The van der Waals surface area contributed by atoms with Crippen molar-refractivity contribution in [3.05, 3.63) is 71.5 Å². The highest BCUT2D eigenvalue weighted by atomic mass is 14.7. The molecule has 2 nitrogen and oxygen atoms in total. The number of benzene rings is 2. The lowest BCUT2D eigenvalue weighted by atomic mass is 9.68. The van der Waals surface area contributed by atoms with E-state index in [1.807, 2.05) is 18.5 Å². The molecule has 0 aliphatic heterocycles. The van der Waals surface area contributed by atoms with Crippen LogP contribution in [0.5, 0.6) is 0 Å². The molecule has 5 rings (SSSR count). The monoisotopic (exact) mass is 310 g/mol. The lowest BCUT2D eigenvalue weighted by Gasteiger charge is -2.35. The van der Waals surface area contributed by atoms with Gasteiger partial charge in [0.05, 0.1) is 11.2 Å². The Morgan fingerprint density at radius 3 is 2.62 bits per heavy atom. The Bertz CT molecular complexity index is 1140. The van der Waals surface area contributed by atoms with E-state index < -0.39 is 0 Å². The van der Waals surface area contributed by atoms with E-state index in [9.17, 15) is 0 Å². The molecule has 2 heterocycles. The maximum absolute atomic E-state index is 4.75. The second-order valence-corrected chi connectivity index (χ2v) is 7.26. The summed E-state index contributed by atoms with van der Waals surface area (Å²) in [6.07, 6.45) is 3.81. The number of hydrogen-bond donors (Lipinski definition) is 0. The molecule has 2 aromatic heterocycles. The summed E-state index contributed by atoms with van der Waals surface area (Å²) >= 11 is 0. The van der Waals surface area contributed by atoms with Crippen molar-refractivity contribution >= 4 is 21.7 Å². The van der Waals surface area contributed by atoms with Gasteiger partial charge < -0.3 is 0 Å². The smallest absolute Gasteiger partial charge is 0.0787 e. The average Bonchev–Trinajstić information content (AvgIpc) is 2.58. The highest BCUT2D eigenvalue weighted by molar-refractivity contribution is 6.05. The van der Waals surface area contributed by atoms with Gasteiger partial charge in [-0.2, -0.15) is 0 Å². The van der Waals surface area contributed by atoms with Crippen LogP contribution in [0, 0.1) is 6.92 Å². The van der Waals surface area contributed by atoms with E-state index >= 15 is 0 Å². The number of aromatic nitrogens is 2. The molecule has 1 aliphatic carbocycles. The van der Waals surface area contributed by atoms with Gasteiger partial charge in [-0.1, -0.05) is 49.7 Å². The molecular formula is C22H18N2. The Balaban J connectivity index is 2.06. The zero-order chi connectivity index (χ0) is 16.5. The number of nitrogens with zero attached hydrogens (tertiary/aromatic N) is 2. The lowest BCUT2D eigenvalue weighted by molar-refractivity contribution is 0.648. The van der Waals surface area contributed by atoms with Gasteiger partial charge in [-0.25, -0.2) is 0 Å². The highest BCUT2D eigenvalue weighted by Crippen LogP contribution is 2.49. The van der Waals surface area contributed by atoms with Crippen LogP contribution in [-0.4, -0.2) is 9.97 Å². The second-order valence-electron chi connectivity index (χ2n) is 7.26. The first-order valence-corrected chi connectivity index (χ1v) is 8.36. The summed E-state index contributed by atoms with van der Waals surface area (Å²) in [4.78, 5) is 9.47. The van der Waals surface area contributed by atoms with Gasteiger partial charge in [0.1, 0.15) is 0 Å². The fraction of sp³-hybridized carbons (Fsp3) is 0.182. The molecule has 1 aliphatic rings. The number of aryl methyl sites for hydroxylation is 1. The van der Waals surface area contributed by atoms with Crippen LogP contribution in [0.25, 0.3) is 32.9 Å². The molecule has 0 amide bonds. The van der Waals surface area contributed by atoms with Crippen molar-refractivity contribution < 1.29 is 0 Å². The fourth-order valence-electron chi connectivity index (χ4n) is 4.27. The predicted molar refractivity (Wildman–Crippen MR) is 99.3 cm³/mol. The second kappa shape index (κ2) is 4.41. The maximum Gasteiger partial charge on any atom is 0.0787 e. The van der Waals surface area contributed by atoms with Gasteiger partial charge in [-0.3, -0.25) is 9.97 Å². The van der Waals surface area contributed by atoms with Crippen LogP contribution in [0.3, 0.4) is 0 Å². The highest BCUT2D eigenvalue weighted by Gasteiger charge is 2.36. The molecule has 0 radical (unpaired) electrons. The molecular weight excluding hydrogens is 292 g/mol. The molecule has 0 spiro atoms. The summed E-state index contributed by atoms with van der Waals surface area (Å²) in [7, 11) is 0. The molecule has 116 valence electrons. The van der Waals surface area contributed by atoms with Crippen LogP contribution in [0.15, 0.2) is 54.9 Å². The molecule has 2 aromatic carbocycles. The van der Waals surface area contributed by atoms with Crippen molar-refractivity contribution in [1.29, 1.82) is 0 Å². The zero-order valence-electron chi connectivity index (χ0n) is 14.1. The fourth-order valence-corrected chi connectivity index (χ4v) is 4.27. The van der Waals surface area contributed by atoms with Gasteiger partial charge in [0.15, 0.2) is 0 Å². The topological polar surface area (TPSA) is 25.8 Å². The third-order valence-electron chi connectivity index (χ3n) is 5.34. The zero-order valence-corrected chi connectivity index (χ0v) is 14.1. The standard InChI is InChI=1S/C22H18N2/c1-13-11-15-8-10-24-21-16-7-6-14-5-4-9-23-20(14)19(16)22(2,3)17(12-13)18(15)21/h4-12H,1-3H3. The molecule has 0 bridgehead atoms. The van der Waals surface area contributed by atoms with E-state index in [0.29, 0.717) is 0 Å². The van der Waals surface area contributed by atoms with Crippen LogP contribution in [0.1, 0.15) is 30.5 Å². The van der Waals surface area contributed by atoms with Gasteiger partial charge in [-0.15, -0.1) is 0 Å². The van der Waals surface area contributed by atoms with E-state index in [1.54, 1.807) is 0 Å². The van der Waals surface area contributed by atoms with Gasteiger partial charge in [0.2, 0.25) is 0 Å². The van der Waals surface area contributed by atoms with Crippen LogP contribution >= 0.6 is 0 Å². The van der Waals surface area contributed by atoms with E-state index in [-0.39, 0.29) is 5.41 Å². The summed E-state index contributed by atoms with van der Waals surface area (Å²) < 4.78 is 0. The molecule has 0 unspecified atom stereocenters. The van der Waals surface area contributed by atoms with Crippen LogP contribution in [0.2, 0.25) is 0 Å². The number of hydrogen-bond acceptors (Lipinski definition) is 2. The summed E-state index contributed by atoms with van der Waals surface area (Å²) in [5.41, 5.74) is 7.22. The summed E-state index contributed by atoms with van der Waals surface area (Å²) in [6.45, 7) is 6.79. The SMILES string of the molecule is Cc1cc2c3c(nccc3c1)-c1ccc3cccnc3c1C2(C)C. The van der Waals surface area contributed by atoms with Gasteiger partial charge in [0, 0.05) is 34.1 Å². The Hall–Kier alpha value is -2.74. The third-order valence-corrected chi connectivity index (χ3v) is 5.34. The van der Waals surface area contributed by atoms with Crippen LogP contribution in [0.4, 0.5) is 0 Å². The van der Waals surface area contributed by atoms with Crippen LogP contribution in [-0.2, 0) is 5.41 Å².